The second-order valence-corrected chi connectivity index (χ2v) is 12.3. The van der Waals surface area contributed by atoms with E-state index in [-0.39, 0.29) is 12.7 Å². The Balaban J connectivity index is 3.60. The van der Waals surface area contributed by atoms with Crippen LogP contribution in [0.3, 0.4) is 0 Å². The topological polar surface area (TPSA) is 158 Å². The zero-order valence-electron chi connectivity index (χ0n) is 25.8. The second-order valence-electron chi connectivity index (χ2n) is 10.8. The molecule has 244 valence electrons. The fourth-order valence-corrected chi connectivity index (χ4v) is 5.05. The molecule has 41 heavy (non-hydrogen) atoms. The fourth-order valence-electron chi connectivity index (χ4n) is 4.27. The number of nitrogens with two attached hydrogens (primary N) is 1. The maximum Gasteiger partial charge on any atom is 0.472 e. The summed E-state index contributed by atoms with van der Waals surface area (Å²) in [7, 11) is -2.90. The highest BCUT2D eigenvalue weighted by Gasteiger charge is 2.25. The first-order valence-corrected chi connectivity index (χ1v) is 17.2. The van der Waals surface area contributed by atoms with Crippen molar-refractivity contribution in [1.82, 2.24) is 0 Å². The minimum atomic E-state index is -4.53. The number of hydrogen-bond donors (Lipinski definition) is 4. The minimum absolute atomic E-state index is 0.0887. The van der Waals surface area contributed by atoms with E-state index in [2.05, 4.69) is 28.1 Å². The van der Waals surface area contributed by atoms with E-state index in [9.17, 15) is 19.4 Å². The number of unbranched alkanes of at least 4 members (excludes halogenated alkanes) is 15. The number of carbonyl (C=O) groups is 1. The molecule has 0 aliphatic heterocycles. The van der Waals surface area contributed by atoms with Gasteiger partial charge in [0.15, 0.2) is 0 Å². The summed E-state index contributed by atoms with van der Waals surface area (Å²) in [5.74, 6) is -1.37. The summed E-state index contributed by atoms with van der Waals surface area (Å²) < 4.78 is 31.8. The summed E-state index contributed by atoms with van der Waals surface area (Å²) in [5.41, 5.74) is 5.20. The van der Waals surface area contributed by atoms with E-state index in [1.807, 2.05) is 0 Å². The van der Waals surface area contributed by atoms with Gasteiger partial charge in [0, 0.05) is 7.11 Å². The molecule has 0 fully saturated rings. The number of aliphatic hydroxyl groups excluding tert-OH is 1. The number of carboxylic acids is 1. The van der Waals surface area contributed by atoms with Gasteiger partial charge in [-0.15, -0.1) is 0 Å². The van der Waals surface area contributed by atoms with Crippen molar-refractivity contribution in [3.63, 3.8) is 0 Å². The molecule has 0 saturated heterocycles. The first kappa shape index (κ1) is 40.2. The molecular weight excluding hydrogens is 549 g/mol. The van der Waals surface area contributed by atoms with Gasteiger partial charge in [-0.2, -0.15) is 0 Å². The quantitative estimate of drug-likeness (QED) is 0.0387. The number of ether oxygens (including phenoxy) is 2. The summed E-state index contributed by atoms with van der Waals surface area (Å²) in [6, 6.07) is -1.45. The van der Waals surface area contributed by atoms with Gasteiger partial charge >= 0.3 is 13.8 Å². The Kier molecular flexibility index (Phi) is 27.4. The molecule has 4 atom stereocenters. The molecule has 0 amide bonds. The number of methoxy groups -OCH3 is 1. The Morgan fingerprint density at radius 3 is 1.78 bits per heavy atom. The average molecular weight is 610 g/mol. The highest BCUT2D eigenvalue weighted by atomic mass is 31.2. The van der Waals surface area contributed by atoms with Gasteiger partial charge in [0.2, 0.25) is 0 Å². The normalized spacial score (nSPS) is 15.6. The number of allylic oxidation sites excluding steroid dienone is 2. The minimum Gasteiger partial charge on any atom is -0.480 e. The second kappa shape index (κ2) is 28.0. The molecule has 0 rings (SSSR count). The summed E-state index contributed by atoms with van der Waals surface area (Å²) in [4.78, 5) is 20.1. The fraction of sp³-hybridized carbons (Fsp3) is 0.900. The molecule has 0 spiro atoms. The zero-order chi connectivity index (χ0) is 30.6. The van der Waals surface area contributed by atoms with Gasteiger partial charge < -0.3 is 30.3 Å². The van der Waals surface area contributed by atoms with Gasteiger partial charge in [0.05, 0.1) is 32.5 Å². The highest BCUT2D eigenvalue weighted by molar-refractivity contribution is 7.47. The van der Waals surface area contributed by atoms with Crippen LogP contribution < -0.4 is 5.73 Å². The Morgan fingerprint density at radius 1 is 0.780 bits per heavy atom. The maximum absolute atomic E-state index is 11.7. The molecule has 0 heterocycles. The van der Waals surface area contributed by atoms with Gasteiger partial charge in [-0.05, 0) is 32.1 Å². The van der Waals surface area contributed by atoms with E-state index in [1.165, 1.54) is 96.3 Å². The van der Waals surface area contributed by atoms with Crippen molar-refractivity contribution in [2.75, 3.05) is 33.5 Å². The molecule has 0 radical (unpaired) electrons. The van der Waals surface area contributed by atoms with Gasteiger partial charge in [0.25, 0.3) is 0 Å². The molecule has 0 saturated carbocycles. The number of phosphoric ester groups is 1. The maximum atomic E-state index is 11.7. The van der Waals surface area contributed by atoms with Crippen molar-refractivity contribution in [2.45, 2.75) is 141 Å². The predicted octanol–water partition coefficient (Wildman–Crippen LogP) is 6.52. The van der Waals surface area contributed by atoms with E-state index in [1.54, 1.807) is 7.11 Å². The van der Waals surface area contributed by atoms with Gasteiger partial charge in [-0.1, -0.05) is 103 Å². The molecule has 5 N–H and O–H groups in total. The molecule has 0 bridgehead atoms. The third-order valence-corrected chi connectivity index (χ3v) is 7.85. The summed E-state index contributed by atoms with van der Waals surface area (Å²) in [5, 5.41) is 18.6. The molecule has 10 nitrogen and oxygen atoms in total. The van der Waals surface area contributed by atoms with Crippen LogP contribution in [0.5, 0.6) is 0 Å². The number of rotatable bonds is 31. The van der Waals surface area contributed by atoms with Crippen molar-refractivity contribution in [3.8, 4) is 0 Å². The van der Waals surface area contributed by atoms with Crippen molar-refractivity contribution in [1.29, 1.82) is 0 Å². The lowest BCUT2D eigenvalue weighted by Crippen LogP contribution is -2.34. The monoisotopic (exact) mass is 609 g/mol. The van der Waals surface area contributed by atoms with Gasteiger partial charge in [-0.3, -0.25) is 13.8 Å². The van der Waals surface area contributed by atoms with Crippen molar-refractivity contribution >= 4 is 13.8 Å². The number of phosphoric acid groups is 1. The third kappa shape index (κ3) is 27.7. The van der Waals surface area contributed by atoms with Crippen molar-refractivity contribution < 1.29 is 43.0 Å². The van der Waals surface area contributed by atoms with E-state index >= 15 is 0 Å². The number of carboxylic acid groups (broad SMARTS) is 1. The molecule has 11 heteroatoms. The summed E-state index contributed by atoms with van der Waals surface area (Å²) in [6.45, 7) is 1.24. The van der Waals surface area contributed by atoms with Crippen LogP contribution in [-0.2, 0) is 27.9 Å². The van der Waals surface area contributed by atoms with Crippen LogP contribution in [0, 0.1) is 0 Å². The van der Waals surface area contributed by atoms with Crippen LogP contribution in [0.4, 0.5) is 0 Å². The molecule has 0 aliphatic rings. The molecule has 0 aromatic heterocycles. The van der Waals surface area contributed by atoms with E-state index in [0.29, 0.717) is 6.61 Å². The highest BCUT2D eigenvalue weighted by Crippen LogP contribution is 2.43. The third-order valence-electron chi connectivity index (χ3n) is 6.90. The standard InChI is InChI=1S/C30H60NO9P/c1-3-4-5-6-7-8-9-10-11-12-13-14-15-16-17-18-19-20-21-22-28(37-2)25-38-23-27(32)24-39-41(35,36)40-26-29(31)30(33)34/h8-9,27-29,32H,3-7,10-26,31H2,1-2H3,(H,33,34)(H,35,36)/b9-8-/t27-,28?,29+/m1/s1. The van der Waals surface area contributed by atoms with E-state index in [0.717, 1.165) is 19.3 Å². The van der Waals surface area contributed by atoms with Crippen molar-refractivity contribution in [3.05, 3.63) is 12.2 Å². The van der Waals surface area contributed by atoms with Crippen LogP contribution in [0.15, 0.2) is 12.2 Å². The number of aliphatic carboxylic acids is 1. The molecular formula is C30H60NO9P. The molecule has 0 aliphatic carbocycles. The van der Waals surface area contributed by atoms with Crippen LogP contribution in [0.1, 0.15) is 122 Å². The van der Waals surface area contributed by atoms with E-state index < -0.39 is 39.2 Å². The SMILES string of the molecule is CCCCCC/C=C\CCCCCCCCCCCCCC(COC[C@@H](O)COP(=O)(O)OC[C@H](N)C(=O)O)OC. The van der Waals surface area contributed by atoms with Gasteiger partial charge in [-0.25, -0.2) is 4.57 Å². The Bertz CT molecular complexity index is 680. The van der Waals surface area contributed by atoms with Crippen LogP contribution in [0.2, 0.25) is 0 Å². The molecule has 0 aromatic carbocycles. The van der Waals surface area contributed by atoms with Crippen molar-refractivity contribution in [2.24, 2.45) is 5.73 Å². The molecule has 2 unspecified atom stereocenters. The van der Waals surface area contributed by atoms with Crippen LogP contribution >= 0.6 is 7.82 Å². The summed E-state index contributed by atoms with van der Waals surface area (Å²) in [6.07, 6.45) is 26.3. The number of aliphatic hydroxyl groups is 1. The lowest BCUT2D eigenvalue weighted by atomic mass is 10.0. The summed E-state index contributed by atoms with van der Waals surface area (Å²) >= 11 is 0. The smallest absolute Gasteiger partial charge is 0.472 e. The largest absolute Gasteiger partial charge is 0.480 e. The van der Waals surface area contributed by atoms with Gasteiger partial charge in [0.1, 0.15) is 12.1 Å². The zero-order valence-corrected chi connectivity index (χ0v) is 26.7. The predicted molar refractivity (Wildman–Crippen MR) is 163 cm³/mol. The first-order chi connectivity index (χ1) is 19.7. The number of hydrogen-bond acceptors (Lipinski definition) is 8. The Labute approximate surface area is 249 Å². The lowest BCUT2D eigenvalue weighted by molar-refractivity contribution is -0.139. The lowest BCUT2D eigenvalue weighted by Gasteiger charge is -2.18. The first-order valence-electron chi connectivity index (χ1n) is 15.8. The Hall–Kier alpha value is -0.840. The average Bonchev–Trinajstić information content (AvgIpc) is 2.95. The van der Waals surface area contributed by atoms with Crippen LogP contribution in [-0.4, -0.2) is 72.9 Å². The van der Waals surface area contributed by atoms with E-state index in [4.69, 9.17) is 20.3 Å². The van der Waals surface area contributed by atoms with Crippen LogP contribution in [0.25, 0.3) is 0 Å². The Morgan fingerprint density at radius 2 is 1.27 bits per heavy atom. The molecule has 0 aromatic rings.